The second-order valence-corrected chi connectivity index (χ2v) is 6.01. The molecule has 1 atom stereocenters. The van der Waals surface area contributed by atoms with Crippen LogP contribution in [0, 0.1) is 5.82 Å². The molecule has 1 heterocycles. The zero-order chi connectivity index (χ0) is 16.4. The van der Waals surface area contributed by atoms with Gasteiger partial charge in [0.2, 0.25) is 0 Å². The Balaban J connectivity index is 1.90. The average Bonchev–Trinajstić information content (AvgIpc) is 3.09. The van der Waals surface area contributed by atoms with E-state index < -0.39 is 0 Å². The molecule has 5 nitrogen and oxygen atoms in total. The lowest BCUT2D eigenvalue weighted by atomic mass is 10.2. The van der Waals surface area contributed by atoms with Crippen molar-refractivity contribution in [3.05, 3.63) is 47.0 Å². The van der Waals surface area contributed by atoms with Crippen LogP contribution < -0.4 is 11.1 Å². The number of halogens is 1. The van der Waals surface area contributed by atoms with Crippen LogP contribution in [-0.2, 0) is 12.8 Å². The van der Waals surface area contributed by atoms with E-state index in [9.17, 15) is 9.18 Å². The Labute approximate surface area is 134 Å². The van der Waals surface area contributed by atoms with Gasteiger partial charge in [0.25, 0.3) is 5.91 Å². The largest absolute Gasteiger partial charge is 0.351 e. The summed E-state index contributed by atoms with van der Waals surface area (Å²) in [6, 6.07) is 6.53. The van der Waals surface area contributed by atoms with Crippen molar-refractivity contribution in [3.8, 4) is 5.69 Å². The molecule has 0 radical (unpaired) electrons. The Bertz CT molecular complexity index is 723. The third kappa shape index (κ3) is 3.12. The number of nitrogens with two attached hydrogens (primary N) is 1. The molecule has 0 aliphatic heterocycles. The summed E-state index contributed by atoms with van der Waals surface area (Å²) >= 11 is 0. The van der Waals surface area contributed by atoms with Crippen LogP contribution in [0.2, 0.25) is 0 Å². The number of hydrogen-bond donors (Lipinski definition) is 2. The van der Waals surface area contributed by atoms with E-state index in [2.05, 4.69) is 10.4 Å². The van der Waals surface area contributed by atoms with Gasteiger partial charge < -0.3 is 11.1 Å². The highest BCUT2D eigenvalue weighted by Crippen LogP contribution is 2.28. The maximum absolute atomic E-state index is 14.1. The molecule has 0 bridgehead atoms. The highest BCUT2D eigenvalue weighted by molar-refractivity contribution is 5.94. The fourth-order valence-electron chi connectivity index (χ4n) is 2.94. The number of carbonyl (C=O) groups is 1. The van der Waals surface area contributed by atoms with Crippen molar-refractivity contribution in [1.29, 1.82) is 0 Å². The molecule has 1 aliphatic carbocycles. The van der Waals surface area contributed by atoms with Crippen LogP contribution in [0.4, 0.5) is 4.39 Å². The van der Waals surface area contributed by atoms with Gasteiger partial charge in [-0.25, -0.2) is 9.07 Å². The Morgan fingerprint density at radius 1 is 1.43 bits per heavy atom. The van der Waals surface area contributed by atoms with Crippen molar-refractivity contribution in [2.45, 2.75) is 38.6 Å². The molecule has 23 heavy (non-hydrogen) atoms. The molecule has 0 spiro atoms. The van der Waals surface area contributed by atoms with Gasteiger partial charge in [-0.2, -0.15) is 5.10 Å². The lowest BCUT2D eigenvalue weighted by molar-refractivity contribution is 0.0946. The number of para-hydroxylation sites is 1. The molecule has 0 fully saturated rings. The van der Waals surface area contributed by atoms with E-state index in [0.717, 1.165) is 30.5 Å². The second kappa shape index (κ2) is 6.50. The summed E-state index contributed by atoms with van der Waals surface area (Å²) in [7, 11) is 0. The predicted molar refractivity (Wildman–Crippen MR) is 86.1 cm³/mol. The van der Waals surface area contributed by atoms with Crippen LogP contribution in [0.15, 0.2) is 24.3 Å². The Hall–Kier alpha value is -2.21. The minimum atomic E-state index is -0.339. The van der Waals surface area contributed by atoms with Gasteiger partial charge in [0.1, 0.15) is 11.5 Å². The van der Waals surface area contributed by atoms with Crippen molar-refractivity contribution in [3.63, 3.8) is 0 Å². The SMILES string of the molecule is CC(N)CCNC(=O)c1nn(-c2ccccc2F)c2c1CCC2. The molecule has 1 aromatic heterocycles. The number of nitrogens with one attached hydrogen (secondary N) is 1. The first-order valence-electron chi connectivity index (χ1n) is 7.97. The van der Waals surface area contributed by atoms with Crippen LogP contribution in [0.3, 0.4) is 0 Å². The van der Waals surface area contributed by atoms with Gasteiger partial charge in [-0.1, -0.05) is 12.1 Å². The Morgan fingerprint density at radius 2 is 2.22 bits per heavy atom. The molecule has 1 unspecified atom stereocenters. The molecular weight excluding hydrogens is 295 g/mol. The van der Waals surface area contributed by atoms with Crippen molar-refractivity contribution >= 4 is 5.91 Å². The topological polar surface area (TPSA) is 72.9 Å². The standard InChI is InChI=1S/C17H21FN4O/c1-11(19)9-10-20-17(23)16-12-5-4-8-14(12)22(21-16)15-7-3-2-6-13(15)18/h2-3,6-7,11H,4-5,8-10,19H2,1H3,(H,20,23). The lowest BCUT2D eigenvalue weighted by Gasteiger charge is -2.07. The smallest absolute Gasteiger partial charge is 0.272 e. The summed E-state index contributed by atoms with van der Waals surface area (Å²) in [5.41, 5.74) is 8.36. The molecule has 3 rings (SSSR count). The van der Waals surface area contributed by atoms with E-state index in [-0.39, 0.29) is 17.8 Å². The van der Waals surface area contributed by atoms with Crippen LogP contribution in [0.25, 0.3) is 5.69 Å². The fourth-order valence-corrected chi connectivity index (χ4v) is 2.94. The molecule has 122 valence electrons. The normalized spacial score (nSPS) is 14.6. The Kier molecular flexibility index (Phi) is 4.43. The number of aromatic nitrogens is 2. The summed E-state index contributed by atoms with van der Waals surface area (Å²) in [5, 5.41) is 7.24. The number of amides is 1. The van der Waals surface area contributed by atoms with Crippen LogP contribution in [0.5, 0.6) is 0 Å². The molecule has 1 amide bonds. The minimum absolute atomic E-state index is 0.0389. The summed E-state index contributed by atoms with van der Waals surface area (Å²) in [6.45, 7) is 2.41. The van der Waals surface area contributed by atoms with E-state index in [1.54, 1.807) is 22.9 Å². The van der Waals surface area contributed by atoms with Crippen molar-refractivity contribution < 1.29 is 9.18 Å². The van der Waals surface area contributed by atoms with Gasteiger partial charge in [-0.05, 0) is 44.7 Å². The summed E-state index contributed by atoms with van der Waals surface area (Å²) in [4.78, 5) is 12.4. The van der Waals surface area contributed by atoms with Gasteiger partial charge >= 0.3 is 0 Å². The quantitative estimate of drug-likeness (QED) is 0.886. The van der Waals surface area contributed by atoms with E-state index in [4.69, 9.17) is 5.73 Å². The molecule has 3 N–H and O–H groups in total. The van der Waals surface area contributed by atoms with Gasteiger partial charge in [0, 0.05) is 23.8 Å². The molecule has 6 heteroatoms. The first kappa shape index (κ1) is 15.7. The van der Waals surface area contributed by atoms with Crippen LogP contribution in [0.1, 0.15) is 41.5 Å². The number of carbonyl (C=O) groups excluding carboxylic acids is 1. The van der Waals surface area contributed by atoms with Gasteiger partial charge in [-0.3, -0.25) is 4.79 Å². The van der Waals surface area contributed by atoms with Crippen molar-refractivity contribution in [1.82, 2.24) is 15.1 Å². The number of rotatable bonds is 5. The first-order chi connectivity index (χ1) is 11.1. The summed E-state index contributed by atoms with van der Waals surface area (Å²) in [6.07, 6.45) is 3.29. The highest BCUT2D eigenvalue weighted by atomic mass is 19.1. The lowest BCUT2D eigenvalue weighted by Crippen LogP contribution is -2.29. The zero-order valence-electron chi connectivity index (χ0n) is 13.2. The third-order valence-electron chi connectivity index (χ3n) is 4.11. The Morgan fingerprint density at radius 3 is 2.96 bits per heavy atom. The van der Waals surface area contributed by atoms with Crippen molar-refractivity contribution in [2.75, 3.05) is 6.54 Å². The van der Waals surface area contributed by atoms with Crippen LogP contribution in [-0.4, -0.2) is 28.3 Å². The molecular formula is C17H21FN4O. The van der Waals surface area contributed by atoms with E-state index in [1.807, 2.05) is 6.92 Å². The summed E-state index contributed by atoms with van der Waals surface area (Å²) < 4.78 is 15.7. The monoisotopic (exact) mass is 316 g/mol. The third-order valence-corrected chi connectivity index (χ3v) is 4.11. The number of fused-ring (bicyclic) bond motifs is 1. The number of benzene rings is 1. The number of nitrogens with zero attached hydrogens (tertiary/aromatic N) is 2. The van der Waals surface area contributed by atoms with E-state index in [1.165, 1.54) is 6.07 Å². The van der Waals surface area contributed by atoms with E-state index >= 15 is 0 Å². The number of hydrogen-bond acceptors (Lipinski definition) is 3. The highest BCUT2D eigenvalue weighted by Gasteiger charge is 2.27. The first-order valence-corrected chi connectivity index (χ1v) is 7.97. The predicted octanol–water partition coefficient (Wildman–Crippen LogP) is 1.97. The minimum Gasteiger partial charge on any atom is -0.351 e. The molecule has 0 saturated carbocycles. The summed E-state index contributed by atoms with van der Waals surface area (Å²) in [5.74, 6) is -0.549. The van der Waals surface area contributed by atoms with Gasteiger partial charge in [0.05, 0.1) is 0 Å². The maximum atomic E-state index is 14.1. The average molecular weight is 316 g/mol. The van der Waals surface area contributed by atoms with Gasteiger partial charge in [0.15, 0.2) is 5.69 Å². The van der Waals surface area contributed by atoms with E-state index in [0.29, 0.717) is 24.3 Å². The molecule has 2 aromatic rings. The molecule has 1 aromatic carbocycles. The second-order valence-electron chi connectivity index (χ2n) is 6.01. The fraction of sp³-hybridized carbons (Fsp3) is 0.412. The zero-order valence-corrected chi connectivity index (χ0v) is 13.2. The van der Waals surface area contributed by atoms with Gasteiger partial charge in [-0.15, -0.1) is 0 Å². The van der Waals surface area contributed by atoms with Crippen LogP contribution >= 0.6 is 0 Å². The van der Waals surface area contributed by atoms with Crippen molar-refractivity contribution in [2.24, 2.45) is 5.73 Å². The maximum Gasteiger partial charge on any atom is 0.272 e. The molecule has 1 aliphatic rings. The molecule has 0 saturated heterocycles.